The van der Waals surface area contributed by atoms with E-state index < -0.39 is 0 Å². The van der Waals surface area contributed by atoms with Gasteiger partial charge in [0.05, 0.1) is 6.04 Å². The van der Waals surface area contributed by atoms with Gasteiger partial charge in [-0.1, -0.05) is 12.1 Å². The minimum Gasteiger partial charge on any atom is -0.338 e. The van der Waals surface area contributed by atoms with Crippen molar-refractivity contribution in [3.63, 3.8) is 0 Å². The Labute approximate surface area is 167 Å². The lowest BCUT2D eigenvalue weighted by molar-refractivity contribution is -0.115. The summed E-state index contributed by atoms with van der Waals surface area (Å²) >= 11 is 0. The Morgan fingerprint density at radius 2 is 1.96 bits per heavy atom. The summed E-state index contributed by atoms with van der Waals surface area (Å²) in [5.41, 5.74) is 3.80. The highest BCUT2D eigenvalue weighted by molar-refractivity contribution is 5.96. The summed E-state index contributed by atoms with van der Waals surface area (Å²) in [5.74, 6) is -0.0985. The highest BCUT2D eigenvalue weighted by Crippen LogP contribution is 2.33. The predicted molar refractivity (Wildman–Crippen MR) is 109 cm³/mol. The van der Waals surface area contributed by atoms with Gasteiger partial charge < -0.3 is 9.80 Å². The van der Waals surface area contributed by atoms with Gasteiger partial charge in [-0.2, -0.15) is 5.11 Å². The van der Waals surface area contributed by atoms with Crippen molar-refractivity contribution in [2.75, 3.05) is 33.7 Å². The van der Waals surface area contributed by atoms with Crippen LogP contribution in [0, 0.1) is 0 Å². The molecule has 0 aromatic heterocycles. The average Bonchev–Trinajstić information content (AvgIpc) is 2.70. The molecule has 28 heavy (non-hydrogen) atoms. The van der Waals surface area contributed by atoms with Gasteiger partial charge >= 0.3 is 0 Å². The van der Waals surface area contributed by atoms with Crippen LogP contribution in [-0.4, -0.2) is 61.4 Å². The molecule has 0 fully saturated rings. The van der Waals surface area contributed by atoms with Crippen LogP contribution in [0.2, 0.25) is 0 Å². The van der Waals surface area contributed by atoms with Crippen molar-refractivity contribution in [3.8, 4) is 0 Å². The number of benzene rings is 1. The van der Waals surface area contributed by atoms with E-state index in [0.29, 0.717) is 25.1 Å². The van der Waals surface area contributed by atoms with Gasteiger partial charge in [0, 0.05) is 37.2 Å². The molecule has 1 heterocycles. The van der Waals surface area contributed by atoms with E-state index in [2.05, 4.69) is 15.1 Å². The Balaban J connectivity index is 1.74. The molecule has 1 aromatic rings. The fourth-order valence-corrected chi connectivity index (χ4v) is 3.92. The highest BCUT2D eigenvalue weighted by Gasteiger charge is 2.29. The highest BCUT2D eigenvalue weighted by atomic mass is 16.2. The van der Waals surface area contributed by atoms with Gasteiger partial charge in [-0.15, -0.1) is 5.11 Å². The lowest BCUT2D eigenvalue weighted by atomic mass is 9.84. The fourth-order valence-electron chi connectivity index (χ4n) is 3.92. The number of hydrogen-bond acceptors (Lipinski definition) is 4. The molecule has 3 rings (SSSR count). The van der Waals surface area contributed by atoms with E-state index in [1.807, 2.05) is 50.2 Å². The van der Waals surface area contributed by atoms with Crippen molar-refractivity contribution in [2.45, 2.75) is 45.1 Å². The van der Waals surface area contributed by atoms with Gasteiger partial charge in [0.25, 0.3) is 11.8 Å². The average molecular weight is 383 g/mol. The van der Waals surface area contributed by atoms with Crippen molar-refractivity contribution in [2.24, 2.45) is 10.2 Å². The number of hydrogen-bond donors (Lipinski definition) is 0. The molecule has 0 saturated carbocycles. The second-order valence-corrected chi connectivity index (χ2v) is 7.84. The molecule has 1 unspecified atom stereocenters. The summed E-state index contributed by atoms with van der Waals surface area (Å²) in [6.45, 7) is 4.24. The maximum absolute atomic E-state index is 12.9. The van der Waals surface area contributed by atoms with Crippen LogP contribution in [0.4, 0.5) is 0 Å². The Morgan fingerprint density at radius 3 is 2.71 bits per heavy atom. The smallest absolute Gasteiger partial charge is 0.291 e. The van der Waals surface area contributed by atoms with Crippen molar-refractivity contribution < 1.29 is 9.59 Å². The first-order valence-corrected chi connectivity index (χ1v) is 10.2. The summed E-state index contributed by atoms with van der Waals surface area (Å²) in [6, 6.07) is 7.73. The SMILES string of the molecule is CCN(CCN(C)C)C(=O)c1cccc(CC2N=NC(=O)C3=C2CCCC3)c1. The standard InChI is InChI=1S/C22H30N4O2/c1-4-26(13-12-25(2)3)22(28)17-9-7-8-16(14-17)15-20-18-10-5-6-11-19(18)21(27)24-23-20/h7-9,14,20H,4-6,10-13,15H2,1-3H3. The molecular formula is C22H30N4O2. The first-order valence-electron chi connectivity index (χ1n) is 10.2. The number of likely N-dealkylation sites (N-methyl/N-ethyl adjacent to an activating group) is 2. The molecule has 0 N–H and O–H groups in total. The summed E-state index contributed by atoms with van der Waals surface area (Å²) in [5, 5.41) is 8.16. The molecule has 6 heteroatoms. The molecular weight excluding hydrogens is 352 g/mol. The lowest BCUT2D eigenvalue weighted by Crippen LogP contribution is -2.36. The Morgan fingerprint density at radius 1 is 1.18 bits per heavy atom. The largest absolute Gasteiger partial charge is 0.338 e. The van der Waals surface area contributed by atoms with Crippen LogP contribution in [0.5, 0.6) is 0 Å². The predicted octanol–water partition coefficient (Wildman–Crippen LogP) is 3.48. The molecule has 1 atom stereocenters. The second kappa shape index (κ2) is 9.24. The normalized spacial score (nSPS) is 19.1. The van der Waals surface area contributed by atoms with Crippen molar-refractivity contribution in [1.29, 1.82) is 0 Å². The van der Waals surface area contributed by atoms with Gasteiger partial charge in [0.15, 0.2) is 0 Å². The lowest BCUT2D eigenvalue weighted by Gasteiger charge is -2.26. The Kier molecular flexibility index (Phi) is 6.73. The van der Waals surface area contributed by atoms with Crippen LogP contribution in [0.15, 0.2) is 45.6 Å². The Bertz CT molecular complexity index is 797. The minimum atomic E-state index is -0.158. The van der Waals surface area contributed by atoms with Crippen LogP contribution < -0.4 is 0 Å². The molecule has 6 nitrogen and oxygen atoms in total. The molecule has 2 aliphatic rings. The first-order chi connectivity index (χ1) is 13.5. The number of carbonyl (C=O) groups excluding carboxylic acids is 2. The zero-order chi connectivity index (χ0) is 20.1. The van der Waals surface area contributed by atoms with Crippen LogP contribution in [0.25, 0.3) is 0 Å². The molecule has 0 radical (unpaired) electrons. The summed E-state index contributed by atoms with van der Waals surface area (Å²) in [6.07, 6.45) is 4.59. The van der Waals surface area contributed by atoms with Gasteiger partial charge in [-0.3, -0.25) is 9.59 Å². The Hall–Kier alpha value is -2.34. The van der Waals surface area contributed by atoms with E-state index in [1.165, 1.54) is 0 Å². The van der Waals surface area contributed by atoms with E-state index in [-0.39, 0.29) is 17.9 Å². The molecule has 0 saturated heterocycles. The van der Waals surface area contributed by atoms with Gasteiger partial charge in [-0.25, -0.2) is 0 Å². The molecule has 1 aliphatic heterocycles. The van der Waals surface area contributed by atoms with E-state index in [1.54, 1.807) is 0 Å². The van der Waals surface area contributed by atoms with E-state index in [0.717, 1.165) is 48.9 Å². The summed E-state index contributed by atoms with van der Waals surface area (Å²) in [4.78, 5) is 28.9. The van der Waals surface area contributed by atoms with Crippen LogP contribution in [-0.2, 0) is 11.2 Å². The fraction of sp³-hybridized carbons (Fsp3) is 0.545. The zero-order valence-electron chi connectivity index (χ0n) is 17.1. The number of nitrogens with zero attached hydrogens (tertiary/aromatic N) is 4. The maximum Gasteiger partial charge on any atom is 0.291 e. The monoisotopic (exact) mass is 382 g/mol. The molecule has 1 aliphatic carbocycles. The van der Waals surface area contributed by atoms with E-state index in [4.69, 9.17) is 0 Å². The topological polar surface area (TPSA) is 65.3 Å². The number of azo groups is 1. The molecule has 1 aromatic carbocycles. The number of carbonyl (C=O) groups is 2. The van der Waals surface area contributed by atoms with Crippen molar-refractivity contribution >= 4 is 11.8 Å². The molecule has 0 spiro atoms. The first kappa shape index (κ1) is 20.4. The third kappa shape index (κ3) is 4.73. The zero-order valence-corrected chi connectivity index (χ0v) is 17.1. The van der Waals surface area contributed by atoms with Gasteiger partial charge in [0.1, 0.15) is 0 Å². The second-order valence-electron chi connectivity index (χ2n) is 7.84. The maximum atomic E-state index is 12.9. The third-order valence-corrected chi connectivity index (χ3v) is 5.55. The van der Waals surface area contributed by atoms with Crippen molar-refractivity contribution in [1.82, 2.24) is 9.80 Å². The van der Waals surface area contributed by atoms with Crippen LogP contribution >= 0.6 is 0 Å². The molecule has 2 amide bonds. The van der Waals surface area contributed by atoms with Gasteiger partial charge in [0.2, 0.25) is 0 Å². The molecule has 150 valence electrons. The minimum absolute atomic E-state index is 0.0595. The molecule has 0 bridgehead atoms. The number of rotatable bonds is 7. The quantitative estimate of drug-likeness (QED) is 0.725. The van der Waals surface area contributed by atoms with E-state index >= 15 is 0 Å². The number of amides is 2. The third-order valence-electron chi connectivity index (χ3n) is 5.55. The van der Waals surface area contributed by atoms with Crippen LogP contribution in [0.1, 0.15) is 48.5 Å². The summed E-state index contributed by atoms with van der Waals surface area (Å²) < 4.78 is 0. The summed E-state index contributed by atoms with van der Waals surface area (Å²) in [7, 11) is 4.02. The van der Waals surface area contributed by atoms with Crippen molar-refractivity contribution in [3.05, 3.63) is 46.5 Å². The van der Waals surface area contributed by atoms with Gasteiger partial charge in [-0.05, 0) is 70.0 Å². The van der Waals surface area contributed by atoms with Crippen LogP contribution in [0.3, 0.4) is 0 Å². The van der Waals surface area contributed by atoms with E-state index in [9.17, 15) is 9.59 Å².